The molecule has 98 valence electrons. The lowest BCUT2D eigenvalue weighted by Gasteiger charge is -2.12. The van der Waals surface area contributed by atoms with Gasteiger partial charge in [-0.3, -0.25) is 9.78 Å². The second kappa shape index (κ2) is 5.48. The lowest BCUT2D eigenvalue weighted by atomic mass is 10.1. The Morgan fingerprint density at radius 3 is 2.84 bits per heavy atom. The number of hydrogen-bond acceptors (Lipinski definition) is 3. The Balaban J connectivity index is 2.24. The smallest absolute Gasteiger partial charge is 0.326 e. The first-order valence-electron chi connectivity index (χ1n) is 6.00. The van der Waals surface area contributed by atoms with E-state index in [0.29, 0.717) is 12.0 Å². The summed E-state index contributed by atoms with van der Waals surface area (Å²) >= 11 is 0. The Hall–Kier alpha value is -2.43. The molecule has 1 amide bonds. The number of aliphatic carboxylic acids is 1. The van der Waals surface area contributed by atoms with E-state index in [0.717, 1.165) is 10.9 Å². The number of hydrogen-bond donors (Lipinski definition) is 2. The summed E-state index contributed by atoms with van der Waals surface area (Å²) in [4.78, 5) is 27.0. The van der Waals surface area contributed by atoms with Gasteiger partial charge in [-0.1, -0.05) is 13.0 Å². The first kappa shape index (κ1) is 13.0. The van der Waals surface area contributed by atoms with Crippen LogP contribution in [0.4, 0.5) is 0 Å². The van der Waals surface area contributed by atoms with Gasteiger partial charge in [-0.25, -0.2) is 4.79 Å². The summed E-state index contributed by atoms with van der Waals surface area (Å²) in [6.07, 6.45) is 2.02. The van der Waals surface area contributed by atoms with E-state index in [1.165, 1.54) is 0 Å². The zero-order valence-corrected chi connectivity index (χ0v) is 10.5. The molecule has 0 radical (unpaired) electrons. The molecule has 0 aliphatic rings. The van der Waals surface area contributed by atoms with Crippen LogP contribution in [0.1, 0.15) is 23.7 Å². The molecule has 1 atom stereocenters. The number of benzene rings is 1. The summed E-state index contributed by atoms with van der Waals surface area (Å²) in [6, 6.07) is 7.86. The molecule has 1 heterocycles. The molecule has 0 bridgehead atoms. The van der Waals surface area contributed by atoms with Gasteiger partial charge in [0.25, 0.3) is 5.91 Å². The quantitative estimate of drug-likeness (QED) is 0.876. The summed E-state index contributed by atoms with van der Waals surface area (Å²) in [5, 5.41) is 12.3. The van der Waals surface area contributed by atoms with Gasteiger partial charge in [-0.2, -0.15) is 0 Å². The van der Waals surface area contributed by atoms with Crippen molar-refractivity contribution in [1.82, 2.24) is 10.3 Å². The molecule has 0 saturated heterocycles. The van der Waals surface area contributed by atoms with E-state index in [-0.39, 0.29) is 5.91 Å². The SMILES string of the molecule is CC[C@@H](NC(=O)c1ccc2ncccc2c1)C(=O)O. The van der Waals surface area contributed by atoms with Gasteiger partial charge in [-0.05, 0) is 30.7 Å². The Bertz CT molecular complexity index is 625. The van der Waals surface area contributed by atoms with E-state index in [2.05, 4.69) is 10.3 Å². The molecule has 0 unspecified atom stereocenters. The molecule has 0 aliphatic heterocycles. The van der Waals surface area contributed by atoms with Crippen LogP contribution in [-0.4, -0.2) is 28.0 Å². The number of fused-ring (bicyclic) bond motifs is 1. The van der Waals surface area contributed by atoms with Crippen LogP contribution < -0.4 is 5.32 Å². The summed E-state index contributed by atoms with van der Waals surface area (Å²) in [5.74, 6) is -1.42. The fourth-order valence-electron chi connectivity index (χ4n) is 1.80. The predicted octanol–water partition coefficient (Wildman–Crippen LogP) is 1.83. The van der Waals surface area contributed by atoms with Crippen LogP contribution in [0.15, 0.2) is 36.5 Å². The lowest BCUT2D eigenvalue weighted by molar-refractivity contribution is -0.139. The highest BCUT2D eigenvalue weighted by Gasteiger charge is 2.18. The number of carboxylic acid groups (broad SMARTS) is 1. The van der Waals surface area contributed by atoms with E-state index in [4.69, 9.17) is 5.11 Å². The Labute approximate surface area is 110 Å². The monoisotopic (exact) mass is 258 g/mol. The van der Waals surface area contributed by atoms with Gasteiger partial charge < -0.3 is 10.4 Å². The van der Waals surface area contributed by atoms with Crippen molar-refractivity contribution in [2.75, 3.05) is 0 Å². The number of carbonyl (C=O) groups excluding carboxylic acids is 1. The highest BCUT2D eigenvalue weighted by Crippen LogP contribution is 2.13. The predicted molar refractivity (Wildman–Crippen MR) is 70.9 cm³/mol. The molecule has 2 N–H and O–H groups in total. The van der Waals surface area contributed by atoms with Gasteiger partial charge in [-0.15, -0.1) is 0 Å². The molecular formula is C14H14N2O3. The molecule has 5 nitrogen and oxygen atoms in total. The van der Waals surface area contributed by atoms with Crippen LogP contribution in [0.2, 0.25) is 0 Å². The zero-order chi connectivity index (χ0) is 13.8. The number of carbonyl (C=O) groups is 2. The first-order chi connectivity index (χ1) is 9.11. The fraction of sp³-hybridized carbons (Fsp3) is 0.214. The van der Waals surface area contributed by atoms with E-state index in [9.17, 15) is 9.59 Å². The van der Waals surface area contributed by atoms with E-state index in [1.807, 2.05) is 6.07 Å². The van der Waals surface area contributed by atoms with Gasteiger partial charge >= 0.3 is 5.97 Å². The minimum Gasteiger partial charge on any atom is -0.480 e. The third kappa shape index (κ3) is 2.88. The molecule has 0 fully saturated rings. The molecule has 0 aliphatic carbocycles. The van der Waals surface area contributed by atoms with Crippen molar-refractivity contribution < 1.29 is 14.7 Å². The molecule has 5 heteroatoms. The molecule has 2 rings (SSSR count). The minimum absolute atomic E-state index is 0.343. The number of nitrogens with one attached hydrogen (secondary N) is 1. The number of aromatic nitrogens is 1. The largest absolute Gasteiger partial charge is 0.480 e. The average Bonchev–Trinajstić information content (AvgIpc) is 2.43. The molecule has 0 spiro atoms. The van der Waals surface area contributed by atoms with Crippen molar-refractivity contribution in [3.05, 3.63) is 42.1 Å². The summed E-state index contributed by atoms with van der Waals surface area (Å²) in [6.45, 7) is 1.71. The second-order valence-electron chi connectivity index (χ2n) is 4.18. The molecule has 1 aromatic carbocycles. The van der Waals surface area contributed by atoms with Crippen LogP contribution in [0, 0.1) is 0 Å². The number of pyridine rings is 1. The maximum Gasteiger partial charge on any atom is 0.326 e. The molecule has 1 aromatic heterocycles. The van der Waals surface area contributed by atoms with Gasteiger partial charge in [0, 0.05) is 17.1 Å². The fourth-order valence-corrected chi connectivity index (χ4v) is 1.80. The minimum atomic E-state index is -1.03. The maximum atomic E-state index is 12.0. The number of carboxylic acids is 1. The summed E-state index contributed by atoms with van der Waals surface area (Å²) in [5.41, 5.74) is 1.23. The highest BCUT2D eigenvalue weighted by molar-refractivity contribution is 5.99. The number of nitrogens with zero attached hydrogens (tertiary/aromatic N) is 1. The van der Waals surface area contributed by atoms with Crippen LogP contribution in [0.5, 0.6) is 0 Å². The van der Waals surface area contributed by atoms with Crippen molar-refractivity contribution in [3.63, 3.8) is 0 Å². The first-order valence-corrected chi connectivity index (χ1v) is 6.00. The third-order valence-electron chi connectivity index (χ3n) is 2.88. The van der Waals surface area contributed by atoms with Crippen molar-refractivity contribution in [2.24, 2.45) is 0 Å². The van der Waals surface area contributed by atoms with Crippen LogP contribution in [-0.2, 0) is 4.79 Å². The maximum absolute atomic E-state index is 12.0. The Morgan fingerprint density at radius 2 is 2.16 bits per heavy atom. The van der Waals surface area contributed by atoms with Crippen LogP contribution in [0.25, 0.3) is 10.9 Å². The molecule has 0 saturated carbocycles. The number of amides is 1. The van der Waals surface area contributed by atoms with E-state index >= 15 is 0 Å². The van der Waals surface area contributed by atoms with Crippen molar-refractivity contribution in [3.8, 4) is 0 Å². The Kier molecular flexibility index (Phi) is 3.75. The zero-order valence-electron chi connectivity index (χ0n) is 10.5. The third-order valence-corrected chi connectivity index (χ3v) is 2.88. The van der Waals surface area contributed by atoms with E-state index < -0.39 is 12.0 Å². The molecule has 2 aromatic rings. The van der Waals surface area contributed by atoms with Gasteiger partial charge in [0.05, 0.1) is 5.52 Å². The normalized spacial score (nSPS) is 12.1. The van der Waals surface area contributed by atoms with Crippen LogP contribution in [0.3, 0.4) is 0 Å². The summed E-state index contributed by atoms with van der Waals surface area (Å²) < 4.78 is 0. The lowest BCUT2D eigenvalue weighted by Crippen LogP contribution is -2.40. The standard InChI is InChI=1S/C14H14N2O3/c1-2-11(14(18)19)16-13(17)10-5-6-12-9(8-10)4-3-7-15-12/h3-8,11H,2H2,1H3,(H,16,17)(H,18,19)/t11-/m1/s1. The van der Waals surface area contributed by atoms with Crippen LogP contribution >= 0.6 is 0 Å². The highest BCUT2D eigenvalue weighted by atomic mass is 16.4. The van der Waals surface area contributed by atoms with Crippen molar-refractivity contribution in [2.45, 2.75) is 19.4 Å². The molecular weight excluding hydrogens is 244 g/mol. The average molecular weight is 258 g/mol. The second-order valence-corrected chi connectivity index (χ2v) is 4.18. The number of rotatable bonds is 4. The van der Waals surface area contributed by atoms with Gasteiger partial charge in [0.1, 0.15) is 6.04 Å². The van der Waals surface area contributed by atoms with E-state index in [1.54, 1.807) is 37.4 Å². The van der Waals surface area contributed by atoms with Gasteiger partial charge in [0.2, 0.25) is 0 Å². The molecule has 19 heavy (non-hydrogen) atoms. The summed E-state index contributed by atoms with van der Waals surface area (Å²) in [7, 11) is 0. The van der Waals surface area contributed by atoms with Crippen molar-refractivity contribution >= 4 is 22.8 Å². The van der Waals surface area contributed by atoms with Gasteiger partial charge in [0.15, 0.2) is 0 Å². The Morgan fingerprint density at radius 1 is 1.37 bits per heavy atom. The van der Waals surface area contributed by atoms with Crippen molar-refractivity contribution in [1.29, 1.82) is 0 Å². The topological polar surface area (TPSA) is 79.3 Å².